The number of amides is 1. The number of hydrogen-bond acceptors (Lipinski definition) is 4. The number of unbranched alkanes of at least 4 members (excludes halogenated alkanes) is 3. The van der Waals surface area contributed by atoms with Gasteiger partial charge >= 0.3 is 0 Å². The number of benzene rings is 3. The molecule has 0 unspecified atom stereocenters. The van der Waals surface area contributed by atoms with Crippen LogP contribution in [0.25, 0.3) is 33.4 Å². The SMILES string of the molecule is CCCCCCNC(=O)c1ccc(-c2c3cc(Cl)c(=O)cc-3oc3cc(O)c(Cl)cc23)cc1. The monoisotopic (exact) mass is 483 g/mol. The largest absolute Gasteiger partial charge is 0.506 e. The van der Waals surface area contributed by atoms with Gasteiger partial charge in [0.25, 0.3) is 5.91 Å². The smallest absolute Gasteiger partial charge is 0.251 e. The van der Waals surface area contributed by atoms with Crippen LogP contribution in [0.15, 0.2) is 57.7 Å². The zero-order chi connectivity index (χ0) is 23.5. The maximum atomic E-state index is 12.5. The van der Waals surface area contributed by atoms with Crippen LogP contribution in [0.5, 0.6) is 5.75 Å². The molecular weight excluding hydrogens is 461 g/mol. The highest BCUT2D eigenvalue weighted by molar-refractivity contribution is 6.33. The molecule has 0 spiro atoms. The van der Waals surface area contributed by atoms with E-state index < -0.39 is 0 Å². The van der Waals surface area contributed by atoms with Gasteiger partial charge in [-0.25, -0.2) is 0 Å². The zero-order valence-corrected chi connectivity index (χ0v) is 19.6. The molecule has 0 radical (unpaired) electrons. The Morgan fingerprint density at radius 2 is 1.76 bits per heavy atom. The molecule has 0 aromatic heterocycles. The van der Waals surface area contributed by atoms with E-state index in [2.05, 4.69) is 12.2 Å². The summed E-state index contributed by atoms with van der Waals surface area (Å²) < 4.78 is 5.87. The second-order valence-electron chi connectivity index (χ2n) is 7.95. The second kappa shape index (κ2) is 9.86. The van der Waals surface area contributed by atoms with Crippen molar-refractivity contribution in [2.75, 3.05) is 6.54 Å². The summed E-state index contributed by atoms with van der Waals surface area (Å²) in [6, 6.07) is 13.1. The number of hydrogen-bond donors (Lipinski definition) is 2. The lowest BCUT2D eigenvalue weighted by atomic mass is 9.93. The molecule has 4 rings (SSSR count). The van der Waals surface area contributed by atoms with Gasteiger partial charge in [-0.05, 0) is 36.2 Å². The molecule has 2 aromatic rings. The van der Waals surface area contributed by atoms with Crippen molar-refractivity contribution in [1.29, 1.82) is 0 Å². The fraction of sp³-hybridized carbons (Fsp3) is 0.231. The molecule has 2 N–H and O–H groups in total. The highest BCUT2D eigenvalue weighted by Crippen LogP contribution is 2.43. The first-order valence-corrected chi connectivity index (χ1v) is 11.6. The van der Waals surface area contributed by atoms with Crippen LogP contribution in [0, 0.1) is 0 Å². The van der Waals surface area contributed by atoms with Gasteiger partial charge in [-0.15, -0.1) is 0 Å². The van der Waals surface area contributed by atoms with Gasteiger partial charge in [-0.2, -0.15) is 0 Å². The molecule has 0 saturated carbocycles. The number of nitrogens with one attached hydrogen (secondary N) is 1. The summed E-state index contributed by atoms with van der Waals surface area (Å²) in [7, 11) is 0. The minimum atomic E-state index is -0.359. The molecule has 0 atom stereocenters. The van der Waals surface area contributed by atoms with Gasteiger partial charge in [0.2, 0.25) is 5.43 Å². The van der Waals surface area contributed by atoms with Gasteiger partial charge in [0, 0.05) is 40.8 Å². The van der Waals surface area contributed by atoms with Gasteiger partial charge in [-0.3, -0.25) is 9.59 Å². The number of halogens is 2. The maximum absolute atomic E-state index is 12.5. The van der Waals surface area contributed by atoms with Crippen molar-refractivity contribution < 1.29 is 14.3 Å². The summed E-state index contributed by atoms with van der Waals surface area (Å²) in [5, 5.41) is 13.9. The van der Waals surface area contributed by atoms with Crippen molar-refractivity contribution in [2.45, 2.75) is 32.6 Å². The molecule has 1 aliphatic carbocycles. The summed E-state index contributed by atoms with van der Waals surface area (Å²) >= 11 is 12.3. The normalized spacial score (nSPS) is 11.2. The number of aromatic hydroxyl groups is 1. The molecule has 0 saturated heterocycles. The molecular formula is C26H23Cl2NO4. The van der Waals surface area contributed by atoms with E-state index in [0.29, 0.717) is 34.4 Å². The van der Waals surface area contributed by atoms with Crippen molar-refractivity contribution in [3.8, 4) is 28.2 Å². The molecule has 0 fully saturated rings. The third-order valence-electron chi connectivity index (χ3n) is 5.59. The lowest BCUT2D eigenvalue weighted by Gasteiger charge is -2.16. The first kappa shape index (κ1) is 23.1. The van der Waals surface area contributed by atoms with E-state index in [1.807, 2.05) is 12.1 Å². The van der Waals surface area contributed by atoms with Gasteiger partial charge in [0.15, 0.2) is 0 Å². The van der Waals surface area contributed by atoms with Crippen LogP contribution in [0.4, 0.5) is 0 Å². The molecule has 33 heavy (non-hydrogen) atoms. The molecule has 1 heterocycles. The summed E-state index contributed by atoms with van der Waals surface area (Å²) in [5.41, 5.74) is 2.72. The number of phenolic OH excluding ortho intramolecular Hbond substituents is 1. The molecule has 2 aromatic carbocycles. The fourth-order valence-electron chi connectivity index (χ4n) is 3.86. The van der Waals surface area contributed by atoms with Gasteiger partial charge in [0.05, 0.1) is 10.0 Å². The Bertz CT molecular complexity index is 1350. The third-order valence-corrected chi connectivity index (χ3v) is 6.19. The highest BCUT2D eigenvalue weighted by atomic mass is 35.5. The summed E-state index contributed by atoms with van der Waals surface area (Å²) in [5.74, 6) is 0.0887. The van der Waals surface area contributed by atoms with Crippen LogP contribution in [0.1, 0.15) is 43.0 Å². The molecule has 1 amide bonds. The zero-order valence-electron chi connectivity index (χ0n) is 18.1. The van der Waals surface area contributed by atoms with Crippen molar-refractivity contribution in [2.24, 2.45) is 0 Å². The van der Waals surface area contributed by atoms with Crippen LogP contribution < -0.4 is 10.7 Å². The standard InChI is InChI=1S/C26H23Cl2NO4/c1-2-3-4-5-10-29-26(32)16-8-6-15(7-9-16)25-17-11-19(27)21(30)13-23(17)33-24-14-22(31)20(28)12-18(24)25/h6-9,11-14,30H,2-5,10H2,1H3,(H,29,32). The predicted octanol–water partition coefficient (Wildman–Crippen LogP) is 6.89. The Morgan fingerprint density at radius 3 is 2.48 bits per heavy atom. The average Bonchev–Trinajstić information content (AvgIpc) is 2.80. The van der Waals surface area contributed by atoms with Crippen molar-refractivity contribution in [3.05, 3.63) is 74.4 Å². The van der Waals surface area contributed by atoms with E-state index in [0.717, 1.165) is 36.8 Å². The molecule has 2 aliphatic rings. The Kier molecular flexibility index (Phi) is 6.91. The highest BCUT2D eigenvalue weighted by Gasteiger charge is 2.20. The van der Waals surface area contributed by atoms with Gasteiger partial charge in [0.1, 0.15) is 17.1 Å². The van der Waals surface area contributed by atoms with Crippen LogP contribution >= 0.6 is 23.2 Å². The summed E-state index contributed by atoms with van der Waals surface area (Å²) in [6.45, 7) is 2.80. The summed E-state index contributed by atoms with van der Waals surface area (Å²) in [6.07, 6.45) is 4.37. The maximum Gasteiger partial charge on any atom is 0.251 e. The minimum Gasteiger partial charge on any atom is -0.506 e. The van der Waals surface area contributed by atoms with Crippen LogP contribution in [0.2, 0.25) is 10.0 Å². The molecule has 7 heteroatoms. The van der Waals surface area contributed by atoms with E-state index in [9.17, 15) is 14.7 Å². The Balaban J connectivity index is 1.75. The van der Waals surface area contributed by atoms with Gasteiger partial charge in [-0.1, -0.05) is 61.5 Å². The number of carbonyl (C=O) groups excluding carboxylic acids is 1. The quantitative estimate of drug-likeness (QED) is 0.221. The Hall–Kier alpha value is -3.02. The molecule has 5 nitrogen and oxygen atoms in total. The minimum absolute atomic E-state index is 0.0715. The number of rotatable bonds is 7. The third kappa shape index (κ3) is 4.85. The lowest BCUT2D eigenvalue weighted by Crippen LogP contribution is -2.24. The van der Waals surface area contributed by atoms with Crippen molar-refractivity contribution in [1.82, 2.24) is 5.32 Å². The first-order valence-electron chi connectivity index (χ1n) is 10.9. The van der Waals surface area contributed by atoms with E-state index in [1.165, 1.54) is 12.1 Å². The number of phenols is 1. The Morgan fingerprint density at radius 1 is 1.00 bits per heavy atom. The predicted molar refractivity (Wildman–Crippen MR) is 133 cm³/mol. The topological polar surface area (TPSA) is 79.5 Å². The van der Waals surface area contributed by atoms with E-state index in [-0.39, 0.29) is 27.1 Å². The van der Waals surface area contributed by atoms with Crippen LogP contribution in [-0.2, 0) is 0 Å². The van der Waals surface area contributed by atoms with Crippen LogP contribution in [0.3, 0.4) is 0 Å². The van der Waals surface area contributed by atoms with Gasteiger partial charge < -0.3 is 14.8 Å². The number of fused-ring (bicyclic) bond motifs is 2. The number of carbonyl (C=O) groups is 1. The fourth-order valence-corrected chi connectivity index (χ4v) is 4.18. The summed E-state index contributed by atoms with van der Waals surface area (Å²) in [4.78, 5) is 24.6. The van der Waals surface area contributed by atoms with Crippen molar-refractivity contribution >= 4 is 40.1 Å². The second-order valence-corrected chi connectivity index (χ2v) is 8.76. The first-order chi connectivity index (χ1) is 15.9. The van der Waals surface area contributed by atoms with Crippen molar-refractivity contribution in [3.63, 3.8) is 0 Å². The van der Waals surface area contributed by atoms with E-state index >= 15 is 0 Å². The molecule has 0 bridgehead atoms. The van der Waals surface area contributed by atoms with Crippen LogP contribution in [-0.4, -0.2) is 17.6 Å². The average molecular weight is 484 g/mol. The van der Waals surface area contributed by atoms with E-state index in [4.69, 9.17) is 27.6 Å². The Labute approximate surface area is 201 Å². The lowest BCUT2D eigenvalue weighted by molar-refractivity contribution is 0.0953. The molecule has 170 valence electrons. The molecule has 1 aliphatic heterocycles. The van der Waals surface area contributed by atoms with E-state index in [1.54, 1.807) is 24.3 Å².